The maximum absolute atomic E-state index is 13.2. The molecule has 0 heterocycles. The topological polar surface area (TPSA) is 48.0 Å². The highest BCUT2D eigenvalue weighted by molar-refractivity contribution is 7.49. The zero-order valence-electron chi connectivity index (χ0n) is 14.1. The monoisotopic (exact) mass is 349 g/mol. The highest BCUT2D eigenvalue weighted by Gasteiger charge is 2.34. The summed E-state index contributed by atoms with van der Waals surface area (Å²) in [6, 6.07) is 17.8. The van der Waals surface area contributed by atoms with Gasteiger partial charge in [0.15, 0.2) is 0 Å². The highest BCUT2D eigenvalue weighted by Crippen LogP contribution is 2.50. The van der Waals surface area contributed by atoms with E-state index in [4.69, 9.17) is 13.7 Å². The van der Waals surface area contributed by atoms with Crippen molar-refractivity contribution in [3.63, 3.8) is 0 Å². The molecular formula is C18H24NO4P. The fourth-order valence-corrected chi connectivity index (χ4v) is 3.42. The van der Waals surface area contributed by atoms with Crippen molar-refractivity contribution in [3.05, 3.63) is 60.7 Å². The van der Waals surface area contributed by atoms with Crippen LogP contribution in [0.1, 0.15) is 26.7 Å². The number of benzene rings is 2. The third-order valence-electron chi connectivity index (χ3n) is 3.08. The lowest BCUT2D eigenvalue weighted by atomic mass is 10.3. The molecule has 24 heavy (non-hydrogen) atoms. The molecule has 130 valence electrons. The maximum atomic E-state index is 13.2. The third-order valence-corrected chi connectivity index (χ3v) is 4.38. The molecule has 0 radical (unpaired) electrons. The lowest BCUT2D eigenvalue weighted by Crippen LogP contribution is -2.26. The number of phosphoric ester groups is 1. The summed E-state index contributed by atoms with van der Waals surface area (Å²) in [5.74, 6) is 0.870. The zero-order valence-corrected chi connectivity index (χ0v) is 15.0. The molecule has 0 aliphatic carbocycles. The standard InChI is InChI=1S/C18H24NO4P/c1-3-15-19(16-4-2)23-24(20,21-17-11-7-5-8-12-17)22-18-13-9-6-10-14-18/h5-14H,3-4,15-16H2,1-2H3. The van der Waals surface area contributed by atoms with Gasteiger partial charge in [-0.1, -0.05) is 50.2 Å². The summed E-state index contributed by atoms with van der Waals surface area (Å²) in [5, 5.41) is 1.65. The molecule has 0 amide bonds. The molecule has 0 N–H and O–H groups in total. The number of rotatable bonds is 10. The number of phosphoric acid groups is 1. The Bertz CT molecular complexity index is 584. The van der Waals surface area contributed by atoms with E-state index in [9.17, 15) is 4.57 Å². The number of hydroxylamine groups is 2. The summed E-state index contributed by atoms with van der Waals surface area (Å²) in [5.41, 5.74) is 0. The molecule has 0 aromatic heterocycles. The average Bonchev–Trinajstić information content (AvgIpc) is 2.57. The first-order valence-corrected chi connectivity index (χ1v) is 9.65. The molecule has 0 fully saturated rings. The number of nitrogens with zero attached hydrogens (tertiary/aromatic N) is 1. The Kier molecular flexibility index (Phi) is 7.32. The molecule has 5 nitrogen and oxygen atoms in total. The Labute approximate surface area is 143 Å². The van der Waals surface area contributed by atoms with Crippen LogP contribution in [0, 0.1) is 0 Å². The van der Waals surface area contributed by atoms with Crippen molar-refractivity contribution in [2.24, 2.45) is 0 Å². The first-order chi connectivity index (χ1) is 11.6. The molecule has 2 aromatic carbocycles. The first-order valence-electron chi connectivity index (χ1n) is 8.19. The van der Waals surface area contributed by atoms with Gasteiger partial charge in [0.1, 0.15) is 11.5 Å². The van der Waals surface area contributed by atoms with Crippen LogP contribution in [0.15, 0.2) is 60.7 Å². The van der Waals surface area contributed by atoms with Crippen molar-refractivity contribution in [2.75, 3.05) is 13.1 Å². The van der Waals surface area contributed by atoms with Crippen LogP contribution in [0.4, 0.5) is 0 Å². The van der Waals surface area contributed by atoms with Gasteiger partial charge in [0.2, 0.25) is 0 Å². The molecule has 0 saturated carbocycles. The smallest absolute Gasteiger partial charge is 0.394 e. The van der Waals surface area contributed by atoms with E-state index in [0.29, 0.717) is 24.6 Å². The molecule has 0 aliphatic rings. The van der Waals surface area contributed by atoms with Crippen LogP contribution in [0.3, 0.4) is 0 Å². The normalized spacial score (nSPS) is 11.5. The number of hydrogen-bond acceptors (Lipinski definition) is 5. The van der Waals surface area contributed by atoms with Gasteiger partial charge in [-0.25, -0.2) is 4.57 Å². The molecule has 2 aromatic rings. The molecule has 0 spiro atoms. The molecule has 2 rings (SSSR count). The second-order valence-electron chi connectivity index (χ2n) is 5.27. The second kappa shape index (κ2) is 9.48. The van der Waals surface area contributed by atoms with E-state index in [0.717, 1.165) is 12.8 Å². The van der Waals surface area contributed by atoms with Gasteiger partial charge in [-0.05, 0) is 37.1 Å². The van der Waals surface area contributed by atoms with Gasteiger partial charge in [0.25, 0.3) is 0 Å². The Morgan fingerprint density at radius 3 is 1.58 bits per heavy atom. The van der Waals surface area contributed by atoms with Crippen LogP contribution in [-0.2, 0) is 9.19 Å². The van der Waals surface area contributed by atoms with E-state index in [1.54, 1.807) is 53.6 Å². The third kappa shape index (κ3) is 6.00. The van der Waals surface area contributed by atoms with Crippen molar-refractivity contribution in [3.8, 4) is 11.5 Å². The van der Waals surface area contributed by atoms with Crippen LogP contribution in [0.5, 0.6) is 11.5 Å². The average molecular weight is 349 g/mol. The fourth-order valence-electron chi connectivity index (χ4n) is 2.11. The van der Waals surface area contributed by atoms with E-state index in [2.05, 4.69) is 0 Å². The van der Waals surface area contributed by atoms with Crippen LogP contribution in [-0.4, -0.2) is 18.2 Å². The summed E-state index contributed by atoms with van der Waals surface area (Å²) in [6.45, 7) is 5.36. The SMILES string of the molecule is CCCN(CCC)OP(=O)(Oc1ccccc1)Oc1ccccc1. The Balaban J connectivity index is 2.20. The van der Waals surface area contributed by atoms with Crippen LogP contribution in [0.2, 0.25) is 0 Å². The van der Waals surface area contributed by atoms with E-state index in [1.165, 1.54) is 0 Å². The lowest BCUT2D eigenvalue weighted by Gasteiger charge is -2.25. The van der Waals surface area contributed by atoms with Gasteiger partial charge in [-0.2, -0.15) is 9.69 Å². The van der Waals surface area contributed by atoms with E-state index in [1.807, 2.05) is 26.0 Å². The molecule has 0 atom stereocenters. The lowest BCUT2D eigenvalue weighted by molar-refractivity contribution is -0.0768. The molecular weight excluding hydrogens is 325 g/mol. The molecule has 0 aliphatic heterocycles. The van der Waals surface area contributed by atoms with E-state index in [-0.39, 0.29) is 0 Å². The summed E-state index contributed by atoms with van der Waals surface area (Å²) < 4.78 is 30.1. The van der Waals surface area contributed by atoms with Crippen molar-refractivity contribution < 1.29 is 18.2 Å². The number of para-hydroxylation sites is 2. The molecule has 0 bridgehead atoms. The van der Waals surface area contributed by atoms with Gasteiger partial charge < -0.3 is 9.05 Å². The van der Waals surface area contributed by atoms with Crippen LogP contribution < -0.4 is 9.05 Å². The largest absolute Gasteiger partial charge is 0.604 e. The fraction of sp³-hybridized carbons (Fsp3) is 0.333. The first kappa shape index (κ1) is 18.5. The maximum Gasteiger partial charge on any atom is 0.604 e. The molecule has 0 saturated heterocycles. The second-order valence-corrected chi connectivity index (χ2v) is 6.69. The van der Waals surface area contributed by atoms with Gasteiger partial charge in [-0.15, -0.1) is 0 Å². The Hall–Kier alpha value is -1.81. The summed E-state index contributed by atoms with van der Waals surface area (Å²) in [4.78, 5) is 0. The molecule has 6 heteroatoms. The van der Waals surface area contributed by atoms with Gasteiger partial charge in [0, 0.05) is 13.1 Å². The Morgan fingerprint density at radius 2 is 1.21 bits per heavy atom. The quantitative estimate of drug-likeness (QED) is 0.430. The minimum Gasteiger partial charge on any atom is -0.394 e. The van der Waals surface area contributed by atoms with Crippen molar-refractivity contribution in [1.82, 2.24) is 5.06 Å². The summed E-state index contributed by atoms with van der Waals surface area (Å²) in [7, 11) is -3.85. The Morgan fingerprint density at radius 1 is 0.792 bits per heavy atom. The minimum atomic E-state index is -3.85. The minimum absolute atomic E-state index is 0.435. The van der Waals surface area contributed by atoms with E-state index < -0.39 is 7.82 Å². The van der Waals surface area contributed by atoms with Gasteiger partial charge in [-0.3, -0.25) is 0 Å². The highest BCUT2D eigenvalue weighted by atomic mass is 31.2. The zero-order chi connectivity index (χ0) is 17.3. The van der Waals surface area contributed by atoms with E-state index >= 15 is 0 Å². The predicted octanol–water partition coefficient (Wildman–Crippen LogP) is 5.31. The van der Waals surface area contributed by atoms with Gasteiger partial charge >= 0.3 is 7.82 Å². The molecule has 0 unspecified atom stereocenters. The summed E-state index contributed by atoms with van der Waals surface area (Å²) >= 11 is 0. The summed E-state index contributed by atoms with van der Waals surface area (Å²) in [6.07, 6.45) is 1.74. The predicted molar refractivity (Wildman–Crippen MR) is 95.0 cm³/mol. The van der Waals surface area contributed by atoms with Crippen molar-refractivity contribution in [1.29, 1.82) is 0 Å². The number of hydrogen-bond donors (Lipinski definition) is 0. The van der Waals surface area contributed by atoms with Gasteiger partial charge in [0.05, 0.1) is 0 Å². The van der Waals surface area contributed by atoms with Crippen molar-refractivity contribution >= 4 is 7.82 Å². The van der Waals surface area contributed by atoms with Crippen LogP contribution in [0.25, 0.3) is 0 Å². The van der Waals surface area contributed by atoms with Crippen LogP contribution >= 0.6 is 7.82 Å². The van der Waals surface area contributed by atoms with Crippen molar-refractivity contribution in [2.45, 2.75) is 26.7 Å².